The Labute approximate surface area is 90.8 Å². The average Bonchev–Trinajstić information content (AvgIpc) is 2.17. The highest BCUT2D eigenvalue weighted by Gasteiger charge is 2.44. The topological polar surface area (TPSA) is 55.2 Å². The zero-order valence-electron chi connectivity index (χ0n) is 7.97. The van der Waals surface area contributed by atoms with Crippen LogP contribution in [0.4, 0.5) is 26.3 Å². The quantitative estimate of drug-likeness (QED) is 0.379. The summed E-state index contributed by atoms with van der Waals surface area (Å²) in [6, 6.07) is 0. The molecule has 0 aromatic heterocycles. The van der Waals surface area contributed by atoms with Crippen molar-refractivity contribution in [1.82, 2.24) is 5.43 Å². The second kappa shape index (κ2) is 5.55. The van der Waals surface area contributed by atoms with Crippen LogP contribution in [0.15, 0.2) is 12.2 Å². The molecule has 4 nitrogen and oxygen atoms in total. The molecule has 0 fully saturated rings. The summed E-state index contributed by atoms with van der Waals surface area (Å²) in [6.07, 6.45) is -5.62. The first kappa shape index (κ1) is 15.3. The predicted molar refractivity (Wildman–Crippen MR) is 40.6 cm³/mol. The number of hydrazine groups is 1. The Bertz CT molecular complexity index is 330. The lowest BCUT2D eigenvalue weighted by atomic mass is 10.5. The first-order chi connectivity index (χ1) is 7.55. The number of rotatable bonds is 0. The SMILES string of the molecule is FC(F)(F)[N+]1=CC=CCN1.O=C([O-])C(F)(F)F. The fourth-order valence-electron chi connectivity index (χ4n) is 0.593. The minimum Gasteiger partial charge on any atom is -0.542 e. The van der Waals surface area contributed by atoms with E-state index in [0.717, 1.165) is 6.21 Å². The van der Waals surface area contributed by atoms with Crippen molar-refractivity contribution < 1.29 is 40.9 Å². The van der Waals surface area contributed by atoms with Crippen LogP contribution in [0.25, 0.3) is 0 Å². The predicted octanol–water partition coefficient (Wildman–Crippen LogP) is -0.0375. The molecule has 0 bridgehead atoms. The molecule has 0 spiro atoms. The molecule has 0 unspecified atom stereocenters. The van der Waals surface area contributed by atoms with Crippen molar-refractivity contribution in [2.24, 2.45) is 0 Å². The van der Waals surface area contributed by atoms with E-state index in [0.29, 0.717) is 0 Å². The van der Waals surface area contributed by atoms with Crippen LogP contribution in [0, 0.1) is 0 Å². The number of aliphatic carboxylic acids is 1. The van der Waals surface area contributed by atoms with Gasteiger partial charge in [-0.05, 0) is 4.68 Å². The molecule has 1 heterocycles. The lowest BCUT2D eigenvalue weighted by molar-refractivity contribution is -0.748. The van der Waals surface area contributed by atoms with Crippen LogP contribution >= 0.6 is 0 Å². The van der Waals surface area contributed by atoms with Crippen LogP contribution in [-0.4, -0.2) is 35.9 Å². The number of carbonyl (C=O) groups excluding carboxylic acids is 1. The lowest BCUT2D eigenvalue weighted by Gasteiger charge is -2.06. The molecular formula is C7H6F6N2O2. The van der Waals surface area contributed by atoms with Gasteiger partial charge in [-0.15, -0.1) is 13.2 Å². The molecule has 0 aliphatic carbocycles. The number of alkyl halides is 6. The highest BCUT2D eigenvalue weighted by atomic mass is 19.4. The first-order valence-electron chi connectivity index (χ1n) is 3.93. The minimum atomic E-state index is -5.19. The van der Waals surface area contributed by atoms with Gasteiger partial charge in [0.15, 0.2) is 0 Å². The molecule has 10 heteroatoms. The Morgan fingerprint density at radius 1 is 1.24 bits per heavy atom. The second-order valence-corrected chi connectivity index (χ2v) is 2.56. The van der Waals surface area contributed by atoms with Gasteiger partial charge >= 0.3 is 12.5 Å². The molecule has 17 heavy (non-hydrogen) atoms. The van der Waals surface area contributed by atoms with Crippen molar-refractivity contribution >= 4 is 12.2 Å². The fraction of sp³-hybridized carbons (Fsp3) is 0.429. The number of nitrogens with one attached hydrogen (secondary N) is 1. The number of halogens is 6. The average molecular weight is 264 g/mol. The molecule has 1 N–H and O–H groups in total. The normalized spacial score (nSPS) is 15.3. The van der Waals surface area contributed by atoms with E-state index in [1.165, 1.54) is 6.08 Å². The van der Waals surface area contributed by atoms with Gasteiger partial charge in [0.2, 0.25) is 6.21 Å². The van der Waals surface area contributed by atoms with Crippen LogP contribution in [0.1, 0.15) is 0 Å². The molecule has 1 aliphatic heterocycles. The standard InChI is InChI=1S/C5H6F3N2.C2HF3O2/c6-5(7,8)10-4-2-1-3-9-10;3-2(4,5)1(6)7/h1-2,4,9H,3H2;(H,6,7)/q+1;/p-1. The molecule has 0 radical (unpaired) electrons. The maximum atomic E-state index is 11.7. The van der Waals surface area contributed by atoms with Crippen molar-refractivity contribution in [2.75, 3.05) is 6.54 Å². The maximum absolute atomic E-state index is 11.7. The summed E-state index contributed by atoms with van der Waals surface area (Å²) in [5.74, 6) is -3.01. The van der Waals surface area contributed by atoms with Crippen molar-refractivity contribution in [3.8, 4) is 0 Å². The molecule has 1 aliphatic rings. The van der Waals surface area contributed by atoms with Crippen LogP contribution in [0.5, 0.6) is 0 Å². The third-order valence-corrected chi connectivity index (χ3v) is 1.26. The number of carboxylic acids is 1. The van der Waals surface area contributed by atoms with Crippen LogP contribution in [0.2, 0.25) is 0 Å². The number of hydrazone groups is 1. The van der Waals surface area contributed by atoms with Gasteiger partial charge in [0, 0.05) is 6.08 Å². The molecule has 0 saturated heterocycles. The molecule has 0 aromatic carbocycles. The smallest absolute Gasteiger partial charge is 0.542 e. The number of hydrogen-bond acceptors (Lipinski definition) is 3. The third-order valence-electron chi connectivity index (χ3n) is 1.26. The van der Waals surface area contributed by atoms with Gasteiger partial charge in [-0.25, -0.2) is 0 Å². The van der Waals surface area contributed by atoms with Crippen LogP contribution in [0.3, 0.4) is 0 Å². The molecule has 0 saturated carbocycles. The summed E-state index contributed by atoms with van der Waals surface area (Å²) in [6.45, 7) is 0.218. The zero-order valence-corrected chi connectivity index (χ0v) is 7.97. The summed E-state index contributed by atoms with van der Waals surface area (Å²) in [5, 5.41) is 8.78. The fourth-order valence-corrected chi connectivity index (χ4v) is 0.593. The summed E-state index contributed by atoms with van der Waals surface area (Å²) in [7, 11) is 0. The molecule has 0 amide bonds. The summed E-state index contributed by atoms with van der Waals surface area (Å²) >= 11 is 0. The number of carboxylic acid groups (broad SMARTS) is 1. The number of allylic oxidation sites excluding steroid dienone is 1. The van der Waals surface area contributed by atoms with Gasteiger partial charge in [0.25, 0.3) is 0 Å². The third kappa shape index (κ3) is 6.43. The minimum absolute atomic E-state index is 0.118. The highest BCUT2D eigenvalue weighted by molar-refractivity contribution is 5.70. The summed E-state index contributed by atoms with van der Waals surface area (Å²) < 4.78 is 66.9. The Morgan fingerprint density at radius 2 is 1.71 bits per heavy atom. The van der Waals surface area contributed by atoms with Crippen LogP contribution in [-0.2, 0) is 4.79 Å². The Balaban J connectivity index is 0.000000325. The number of hydrogen-bond donors (Lipinski definition) is 1. The Hall–Kier alpha value is -1.74. The van der Waals surface area contributed by atoms with Crippen LogP contribution < -0.4 is 10.5 Å². The summed E-state index contributed by atoms with van der Waals surface area (Å²) in [4.78, 5) is 8.78. The lowest BCUT2D eigenvalue weighted by Crippen LogP contribution is -2.42. The Kier molecular flexibility index (Phi) is 4.98. The molecular weight excluding hydrogens is 258 g/mol. The van der Waals surface area contributed by atoms with E-state index in [-0.39, 0.29) is 11.2 Å². The molecule has 0 atom stereocenters. The van der Waals surface area contributed by atoms with Crippen molar-refractivity contribution in [3.63, 3.8) is 0 Å². The molecule has 98 valence electrons. The van der Waals surface area contributed by atoms with Gasteiger partial charge in [0.1, 0.15) is 5.97 Å². The van der Waals surface area contributed by atoms with Gasteiger partial charge in [-0.1, -0.05) is 6.08 Å². The number of carbonyl (C=O) groups is 1. The zero-order chi connectivity index (χ0) is 13.7. The van der Waals surface area contributed by atoms with E-state index in [2.05, 4.69) is 5.43 Å². The molecule has 1 rings (SSSR count). The van der Waals surface area contributed by atoms with Crippen molar-refractivity contribution in [1.29, 1.82) is 0 Å². The summed E-state index contributed by atoms with van der Waals surface area (Å²) in [5.41, 5.74) is 2.12. The van der Waals surface area contributed by atoms with E-state index in [9.17, 15) is 26.3 Å². The highest BCUT2D eigenvalue weighted by Crippen LogP contribution is 2.14. The van der Waals surface area contributed by atoms with E-state index >= 15 is 0 Å². The second-order valence-electron chi connectivity index (χ2n) is 2.56. The van der Waals surface area contributed by atoms with Crippen molar-refractivity contribution in [2.45, 2.75) is 12.5 Å². The van der Waals surface area contributed by atoms with E-state index in [1.54, 1.807) is 6.08 Å². The Morgan fingerprint density at radius 3 is 1.88 bits per heavy atom. The van der Waals surface area contributed by atoms with Gasteiger partial charge in [0.05, 0.1) is 6.54 Å². The monoisotopic (exact) mass is 264 g/mol. The van der Waals surface area contributed by atoms with E-state index < -0.39 is 18.4 Å². The number of nitrogens with zero attached hydrogens (tertiary/aromatic N) is 1. The first-order valence-corrected chi connectivity index (χ1v) is 3.93. The van der Waals surface area contributed by atoms with Crippen molar-refractivity contribution in [3.05, 3.63) is 12.2 Å². The van der Waals surface area contributed by atoms with E-state index in [4.69, 9.17) is 9.90 Å². The van der Waals surface area contributed by atoms with Gasteiger partial charge < -0.3 is 9.90 Å². The maximum Gasteiger partial charge on any atom is 0.660 e. The largest absolute Gasteiger partial charge is 0.660 e. The molecule has 0 aromatic rings. The van der Waals surface area contributed by atoms with Gasteiger partial charge in [-0.3, -0.25) is 0 Å². The van der Waals surface area contributed by atoms with Gasteiger partial charge in [-0.2, -0.15) is 18.6 Å². The van der Waals surface area contributed by atoms with E-state index in [1.807, 2.05) is 0 Å².